The highest BCUT2D eigenvalue weighted by atomic mass is 31.2. The maximum Gasteiger partial charge on any atom is 0.204 e. The molecule has 1 N–H and O–H groups in total. The number of rotatable bonds is 5. The third-order valence-electron chi connectivity index (χ3n) is 5.93. The van der Waals surface area contributed by atoms with Crippen molar-refractivity contribution >= 4 is 17.9 Å². The van der Waals surface area contributed by atoms with Crippen molar-refractivity contribution in [2.24, 2.45) is 0 Å². The van der Waals surface area contributed by atoms with Crippen molar-refractivity contribution in [2.75, 3.05) is 13.1 Å². The Morgan fingerprint density at radius 2 is 1.31 bits per heavy atom. The Morgan fingerprint density at radius 3 is 1.88 bits per heavy atom. The Balaban J connectivity index is 1.67. The summed E-state index contributed by atoms with van der Waals surface area (Å²) in [6.07, 6.45) is 7.47. The Labute approximate surface area is 157 Å². The van der Waals surface area contributed by atoms with Crippen LogP contribution in [-0.2, 0) is 4.57 Å². The van der Waals surface area contributed by atoms with Gasteiger partial charge >= 0.3 is 0 Å². The first-order valence-electron chi connectivity index (χ1n) is 10.0. The van der Waals surface area contributed by atoms with Gasteiger partial charge in [0.1, 0.15) is 0 Å². The SMILES string of the molecule is O=P(N[C@H]1CCCC[C@@H]1N1CCCC1)(c1ccccc1)c1ccccc1. The van der Waals surface area contributed by atoms with Crippen LogP contribution < -0.4 is 15.7 Å². The zero-order chi connectivity index (χ0) is 17.8. The van der Waals surface area contributed by atoms with E-state index in [0.29, 0.717) is 12.1 Å². The highest BCUT2D eigenvalue weighted by molar-refractivity contribution is 7.76. The molecule has 1 aliphatic carbocycles. The van der Waals surface area contributed by atoms with Gasteiger partial charge in [-0.2, -0.15) is 0 Å². The lowest BCUT2D eigenvalue weighted by atomic mass is 9.90. The molecule has 0 unspecified atom stereocenters. The van der Waals surface area contributed by atoms with Crippen molar-refractivity contribution in [2.45, 2.75) is 50.6 Å². The lowest BCUT2D eigenvalue weighted by Crippen LogP contribution is -2.51. The Bertz CT molecular complexity index is 700. The molecular formula is C22H29N2OP. The van der Waals surface area contributed by atoms with E-state index in [-0.39, 0.29) is 0 Å². The van der Waals surface area contributed by atoms with Crippen LogP contribution in [0.15, 0.2) is 60.7 Å². The van der Waals surface area contributed by atoms with E-state index >= 15 is 0 Å². The molecule has 4 heteroatoms. The van der Waals surface area contributed by atoms with Crippen molar-refractivity contribution in [3.8, 4) is 0 Å². The molecule has 2 aliphatic rings. The van der Waals surface area contributed by atoms with Crippen LogP contribution in [0.1, 0.15) is 38.5 Å². The molecule has 0 radical (unpaired) electrons. The van der Waals surface area contributed by atoms with Crippen LogP contribution >= 0.6 is 7.29 Å². The molecule has 2 atom stereocenters. The summed E-state index contributed by atoms with van der Waals surface area (Å²) >= 11 is 0. The molecule has 0 bridgehead atoms. The van der Waals surface area contributed by atoms with Crippen LogP contribution in [0.3, 0.4) is 0 Å². The molecule has 0 amide bonds. The summed E-state index contributed by atoms with van der Waals surface area (Å²) in [4.78, 5) is 2.64. The molecule has 2 aromatic rings. The molecule has 2 aromatic carbocycles. The van der Waals surface area contributed by atoms with Crippen molar-refractivity contribution in [1.29, 1.82) is 0 Å². The summed E-state index contributed by atoms with van der Waals surface area (Å²) in [5.41, 5.74) is 0. The van der Waals surface area contributed by atoms with E-state index in [4.69, 9.17) is 0 Å². The van der Waals surface area contributed by atoms with Crippen molar-refractivity contribution < 1.29 is 4.57 Å². The fourth-order valence-electron chi connectivity index (χ4n) is 4.58. The normalized spacial score (nSPS) is 24.6. The largest absolute Gasteiger partial charge is 0.299 e. The van der Waals surface area contributed by atoms with E-state index < -0.39 is 7.29 Å². The van der Waals surface area contributed by atoms with Crippen molar-refractivity contribution in [3.63, 3.8) is 0 Å². The van der Waals surface area contributed by atoms with Crippen LogP contribution in [0.5, 0.6) is 0 Å². The van der Waals surface area contributed by atoms with Gasteiger partial charge in [0.05, 0.1) is 0 Å². The lowest BCUT2D eigenvalue weighted by molar-refractivity contribution is 0.160. The predicted molar refractivity (Wildman–Crippen MR) is 110 cm³/mol. The summed E-state index contributed by atoms with van der Waals surface area (Å²) < 4.78 is 14.3. The van der Waals surface area contributed by atoms with Gasteiger partial charge in [-0.15, -0.1) is 0 Å². The van der Waals surface area contributed by atoms with Gasteiger partial charge in [-0.05, 0) is 63.0 Å². The minimum absolute atomic E-state index is 0.299. The molecular weight excluding hydrogens is 339 g/mol. The summed E-state index contributed by atoms with van der Waals surface area (Å²) in [6, 6.07) is 20.8. The van der Waals surface area contributed by atoms with E-state index in [2.05, 4.69) is 9.99 Å². The second-order valence-electron chi connectivity index (χ2n) is 7.61. The second-order valence-corrected chi connectivity index (χ2v) is 10.1. The maximum atomic E-state index is 14.3. The first kappa shape index (κ1) is 18.0. The Kier molecular flexibility index (Phi) is 5.59. The first-order valence-corrected chi connectivity index (χ1v) is 11.7. The number of hydrogen-bond acceptors (Lipinski definition) is 2. The van der Waals surface area contributed by atoms with Gasteiger partial charge in [-0.3, -0.25) is 14.6 Å². The standard InChI is InChI=1S/C22H29N2OP/c25-26(19-11-3-1-4-12-19,20-13-5-2-6-14-20)23-21-15-7-8-16-22(21)24-17-9-10-18-24/h1-6,11-14,21-22H,7-10,15-18H2,(H,23,25)/t21-,22-/m0/s1. The van der Waals surface area contributed by atoms with Gasteiger partial charge in [0.15, 0.2) is 0 Å². The van der Waals surface area contributed by atoms with E-state index in [1.165, 1.54) is 45.2 Å². The van der Waals surface area contributed by atoms with E-state index in [1.54, 1.807) is 0 Å². The summed E-state index contributed by atoms with van der Waals surface area (Å²) in [6.45, 7) is 2.40. The number of benzene rings is 2. The summed E-state index contributed by atoms with van der Waals surface area (Å²) in [5, 5.41) is 5.53. The van der Waals surface area contributed by atoms with Crippen LogP contribution in [0.4, 0.5) is 0 Å². The monoisotopic (exact) mass is 368 g/mol. The van der Waals surface area contributed by atoms with Crippen molar-refractivity contribution in [3.05, 3.63) is 60.7 Å². The van der Waals surface area contributed by atoms with Crippen LogP contribution in [0, 0.1) is 0 Å². The van der Waals surface area contributed by atoms with Crippen LogP contribution in [-0.4, -0.2) is 30.1 Å². The number of likely N-dealkylation sites (tertiary alicyclic amines) is 1. The molecule has 0 spiro atoms. The molecule has 1 aliphatic heterocycles. The smallest absolute Gasteiger partial charge is 0.204 e. The Morgan fingerprint density at radius 1 is 0.769 bits per heavy atom. The van der Waals surface area contributed by atoms with Gasteiger partial charge in [0.25, 0.3) is 0 Å². The second kappa shape index (κ2) is 8.08. The van der Waals surface area contributed by atoms with Gasteiger partial charge in [-0.1, -0.05) is 49.2 Å². The van der Waals surface area contributed by atoms with Crippen molar-refractivity contribution in [1.82, 2.24) is 9.99 Å². The quantitative estimate of drug-likeness (QED) is 0.812. The summed E-state index contributed by atoms with van der Waals surface area (Å²) in [5.74, 6) is 0. The number of nitrogens with zero attached hydrogens (tertiary/aromatic N) is 1. The molecule has 1 saturated heterocycles. The van der Waals surface area contributed by atoms with Gasteiger partial charge < -0.3 is 0 Å². The number of nitrogens with one attached hydrogen (secondary N) is 1. The first-order chi connectivity index (χ1) is 12.8. The average Bonchev–Trinajstić information content (AvgIpc) is 3.24. The number of hydrogen-bond donors (Lipinski definition) is 1. The predicted octanol–water partition coefficient (Wildman–Crippen LogP) is 3.91. The lowest BCUT2D eigenvalue weighted by Gasteiger charge is -2.40. The van der Waals surface area contributed by atoms with Crippen LogP contribution in [0.2, 0.25) is 0 Å². The van der Waals surface area contributed by atoms with E-state index in [0.717, 1.165) is 17.0 Å². The van der Waals surface area contributed by atoms with Gasteiger partial charge in [0, 0.05) is 22.7 Å². The minimum atomic E-state index is -2.85. The highest BCUT2D eigenvalue weighted by Crippen LogP contribution is 2.42. The average molecular weight is 368 g/mol. The third kappa shape index (κ3) is 3.67. The molecule has 1 heterocycles. The van der Waals surface area contributed by atoms with Crippen LogP contribution in [0.25, 0.3) is 0 Å². The molecule has 0 aromatic heterocycles. The third-order valence-corrected chi connectivity index (χ3v) is 8.67. The topological polar surface area (TPSA) is 32.3 Å². The zero-order valence-corrected chi connectivity index (χ0v) is 16.3. The summed E-state index contributed by atoms with van der Waals surface area (Å²) in [7, 11) is -2.85. The van der Waals surface area contributed by atoms with Gasteiger partial charge in [-0.25, -0.2) is 0 Å². The minimum Gasteiger partial charge on any atom is -0.299 e. The zero-order valence-electron chi connectivity index (χ0n) is 15.4. The fraction of sp³-hybridized carbons (Fsp3) is 0.455. The molecule has 4 rings (SSSR count). The van der Waals surface area contributed by atoms with E-state index in [9.17, 15) is 4.57 Å². The Hall–Kier alpha value is -1.41. The molecule has 138 valence electrons. The van der Waals surface area contributed by atoms with Gasteiger partial charge in [0.2, 0.25) is 7.29 Å². The fourth-order valence-corrected chi connectivity index (χ4v) is 7.13. The van der Waals surface area contributed by atoms with E-state index in [1.807, 2.05) is 60.7 Å². The maximum absolute atomic E-state index is 14.3. The molecule has 26 heavy (non-hydrogen) atoms. The molecule has 1 saturated carbocycles. The molecule has 3 nitrogen and oxygen atoms in total. The molecule has 2 fully saturated rings. The highest BCUT2D eigenvalue weighted by Gasteiger charge is 2.37.